The zero-order chi connectivity index (χ0) is 18.4. The molecule has 0 atom stereocenters. The van der Waals surface area contributed by atoms with Crippen LogP contribution in [-0.2, 0) is 14.3 Å². The number of hydrogen-bond acceptors (Lipinski definition) is 7. The van der Waals surface area contributed by atoms with Crippen LogP contribution in [-0.4, -0.2) is 24.0 Å². The van der Waals surface area contributed by atoms with E-state index in [1.54, 1.807) is 30.3 Å². The van der Waals surface area contributed by atoms with Crippen molar-refractivity contribution >= 4 is 23.3 Å². The molecule has 0 unspecified atom stereocenters. The van der Waals surface area contributed by atoms with Crippen LogP contribution in [0.15, 0.2) is 60.3 Å². The summed E-state index contributed by atoms with van der Waals surface area (Å²) in [5.41, 5.74) is 0.507. The zero-order valence-electron chi connectivity index (χ0n) is 13.1. The molecular weight excluding hydrogens is 328 g/mol. The number of carbonyl (C=O) groups excluding carboxylic acids is 2. The molecule has 0 bridgehead atoms. The molecule has 2 rings (SSSR count). The minimum atomic E-state index is -1.64. The highest BCUT2D eigenvalue weighted by molar-refractivity contribution is 5.98. The molecule has 2 aromatic rings. The quantitative estimate of drug-likeness (QED) is 0.365. The van der Waals surface area contributed by atoms with E-state index in [2.05, 4.69) is 10.1 Å². The molecule has 0 aliphatic heterocycles. The second-order valence-electron chi connectivity index (χ2n) is 4.85. The second-order valence-corrected chi connectivity index (χ2v) is 4.85. The normalized spacial score (nSPS) is 10.8. The Hall–Kier alpha value is -3.68. The van der Waals surface area contributed by atoms with Gasteiger partial charge in [0.2, 0.25) is 0 Å². The van der Waals surface area contributed by atoms with Crippen molar-refractivity contribution in [1.29, 1.82) is 0 Å². The number of hydrogen-bond donors (Lipinski definition) is 1. The van der Waals surface area contributed by atoms with Gasteiger partial charge in [-0.25, -0.2) is 4.79 Å². The van der Waals surface area contributed by atoms with E-state index >= 15 is 0 Å². The standard InChI is InChI=1S/C17H14N2O6/c1-25-17(22)14(10-16(20)21)18-13-8-7-12(9-15(13)19(23)24)11-5-3-2-4-6-11/h2-10,18H,1H3,(H,20,21)/p-1. The minimum Gasteiger partial charge on any atom is -0.545 e. The second kappa shape index (κ2) is 7.73. The molecule has 1 N–H and O–H groups in total. The largest absolute Gasteiger partial charge is 0.545 e. The van der Waals surface area contributed by atoms with E-state index in [-0.39, 0.29) is 11.4 Å². The summed E-state index contributed by atoms with van der Waals surface area (Å²) >= 11 is 0. The van der Waals surface area contributed by atoms with Gasteiger partial charge in [-0.15, -0.1) is 0 Å². The number of nitrogens with zero attached hydrogens (tertiary/aromatic N) is 1. The molecule has 0 fully saturated rings. The first kappa shape index (κ1) is 17.7. The summed E-state index contributed by atoms with van der Waals surface area (Å²) in [4.78, 5) is 33.0. The Morgan fingerprint density at radius 1 is 1.12 bits per heavy atom. The van der Waals surface area contributed by atoms with E-state index in [0.29, 0.717) is 11.6 Å². The van der Waals surface area contributed by atoms with E-state index in [1.165, 1.54) is 12.1 Å². The van der Waals surface area contributed by atoms with Gasteiger partial charge in [0.15, 0.2) is 0 Å². The van der Waals surface area contributed by atoms with E-state index in [1.807, 2.05) is 6.07 Å². The minimum absolute atomic E-state index is 0.0532. The Morgan fingerprint density at radius 2 is 1.80 bits per heavy atom. The van der Waals surface area contributed by atoms with E-state index in [9.17, 15) is 24.8 Å². The molecular formula is C17H13N2O6-. The van der Waals surface area contributed by atoms with Gasteiger partial charge in [0.1, 0.15) is 11.4 Å². The summed E-state index contributed by atoms with van der Waals surface area (Å²) in [5, 5.41) is 24.5. The lowest BCUT2D eigenvalue weighted by atomic mass is 10.0. The molecule has 0 aliphatic carbocycles. The topological polar surface area (TPSA) is 122 Å². The zero-order valence-corrected chi connectivity index (χ0v) is 13.1. The number of esters is 1. The Bertz CT molecular complexity index is 845. The van der Waals surface area contributed by atoms with Crippen LogP contribution in [0.2, 0.25) is 0 Å². The lowest BCUT2D eigenvalue weighted by molar-refractivity contribution is -0.383. The van der Waals surface area contributed by atoms with Gasteiger partial charge in [0.05, 0.1) is 18.0 Å². The third-order valence-electron chi connectivity index (χ3n) is 3.24. The first-order chi connectivity index (χ1) is 11.9. The smallest absolute Gasteiger partial charge is 0.354 e. The highest BCUT2D eigenvalue weighted by Gasteiger charge is 2.19. The highest BCUT2D eigenvalue weighted by Crippen LogP contribution is 2.31. The number of carbonyl (C=O) groups is 2. The number of benzene rings is 2. The van der Waals surface area contributed by atoms with Gasteiger partial charge in [-0.05, 0) is 23.3 Å². The van der Waals surface area contributed by atoms with Gasteiger partial charge >= 0.3 is 5.97 Å². The number of anilines is 1. The number of nitro groups is 1. The summed E-state index contributed by atoms with van der Waals surface area (Å²) in [5.74, 6) is -2.64. The molecule has 0 radical (unpaired) electrons. The number of nitrogens with one attached hydrogen (secondary N) is 1. The molecule has 0 saturated carbocycles. The number of methoxy groups -OCH3 is 1. The third kappa shape index (κ3) is 4.41. The van der Waals surface area contributed by atoms with Crippen molar-refractivity contribution in [2.75, 3.05) is 12.4 Å². The molecule has 8 nitrogen and oxygen atoms in total. The van der Waals surface area contributed by atoms with Gasteiger partial charge in [0.25, 0.3) is 5.69 Å². The number of carboxylic acid groups (broad SMARTS) is 1. The number of ether oxygens (including phenoxy) is 1. The summed E-state index contributed by atoms with van der Waals surface area (Å²) in [6.07, 6.45) is 0.473. The Balaban J connectivity index is 2.45. The lowest BCUT2D eigenvalue weighted by Gasteiger charge is -2.11. The number of rotatable bonds is 6. The SMILES string of the molecule is COC(=O)C(=CC(=O)[O-])Nc1ccc(-c2ccccc2)cc1[N+](=O)[O-]. The molecule has 0 heterocycles. The molecule has 0 amide bonds. The van der Waals surface area contributed by atoms with Crippen molar-refractivity contribution in [3.05, 3.63) is 70.4 Å². The molecule has 25 heavy (non-hydrogen) atoms. The first-order valence-electron chi connectivity index (χ1n) is 7.04. The van der Waals surface area contributed by atoms with E-state index in [4.69, 9.17) is 0 Å². The summed E-state index contributed by atoms with van der Waals surface area (Å²) < 4.78 is 4.45. The number of aliphatic carboxylic acids is 1. The fraction of sp³-hybridized carbons (Fsp3) is 0.0588. The van der Waals surface area contributed by atoms with E-state index in [0.717, 1.165) is 12.7 Å². The number of carboxylic acids is 1. The van der Waals surface area contributed by atoms with Crippen molar-refractivity contribution in [3.63, 3.8) is 0 Å². The van der Waals surface area contributed by atoms with E-state index < -0.39 is 22.6 Å². The Morgan fingerprint density at radius 3 is 2.36 bits per heavy atom. The van der Waals surface area contributed by atoms with Crippen molar-refractivity contribution < 1.29 is 24.4 Å². The van der Waals surface area contributed by atoms with Crippen LogP contribution in [0.4, 0.5) is 11.4 Å². The Labute approximate surface area is 142 Å². The fourth-order valence-corrected chi connectivity index (χ4v) is 2.12. The average molecular weight is 341 g/mol. The predicted molar refractivity (Wildman–Crippen MR) is 87.3 cm³/mol. The molecule has 0 aromatic heterocycles. The highest BCUT2D eigenvalue weighted by atomic mass is 16.6. The predicted octanol–water partition coefficient (Wildman–Crippen LogP) is 1.48. The summed E-state index contributed by atoms with van der Waals surface area (Å²) in [6.45, 7) is 0. The monoisotopic (exact) mass is 341 g/mol. The average Bonchev–Trinajstić information content (AvgIpc) is 2.61. The van der Waals surface area contributed by atoms with Crippen LogP contribution in [0.1, 0.15) is 0 Å². The summed E-state index contributed by atoms with van der Waals surface area (Å²) in [7, 11) is 1.06. The van der Waals surface area contributed by atoms with Gasteiger partial charge in [-0.1, -0.05) is 36.4 Å². The van der Waals surface area contributed by atoms with Crippen molar-refractivity contribution in [3.8, 4) is 11.1 Å². The maximum absolute atomic E-state index is 11.6. The molecule has 2 aromatic carbocycles. The van der Waals surface area contributed by atoms with Crippen molar-refractivity contribution in [1.82, 2.24) is 0 Å². The molecule has 0 spiro atoms. The van der Waals surface area contributed by atoms with Crippen LogP contribution < -0.4 is 10.4 Å². The van der Waals surface area contributed by atoms with Gasteiger partial charge in [0, 0.05) is 6.07 Å². The molecule has 8 heteroatoms. The molecule has 0 aliphatic rings. The van der Waals surface area contributed by atoms with Gasteiger partial charge in [-0.3, -0.25) is 10.1 Å². The van der Waals surface area contributed by atoms with Gasteiger partial charge < -0.3 is 20.0 Å². The molecule has 128 valence electrons. The van der Waals surface area contributed by atoms with Crippen molar-refractivity contribution in [2.24, 2.45) is 0 Å². The third-order valence-corrected chi connectivity index (χ3v) is 3.24. The fourth-order valence-electron chi connectivity index (χ4n) is 2.12. The van der Waals surface area contributed by atoms with Crippen LogP contribution in [0.25, 0.3) is 11.1 Å². The van der Waals surface area contributed by atoms with Crippen LogP contribution in [0.3, 0.4) is 0 Å². The van der Waals surface area contributed by atoms with Crippen LogP contribution >= 0.6 is 0 Å². The lowest BCUT2D eigenvalue weighted by Crippen LogP contribution is -2.23. The molecule has 0 saturated heterocycles. The van der Waals surface area contributed by atoms with Crippen LogP contribution in [0.5, 0.6) is 0 Å². The number of nitro benzene ring substituents is 1. The summed E-state index contributed by atoms with van der Waals surface area (Å²) in [6, 6.07) is 13.3. The maximum atomic E-state index is 11.6. The maximum Gasteiger partial charge on any atom is 0.354 e. The first-order valence-corrected chi connectivity index (χ1v) is 7.04. The van der Waals surface area contributed by atoms with Crippen molar-refractivity contribution in [2.45, 2.75) is 0 Å². The van der Waals surface area contributed by atoms with Crippen LogP contribution in [0, 0.1) is 10.1 Å². The van der Waals surface area contributed by atoms with Gasteiger partial charge in [-0.2, -0.15) is 0 Å². The Kier molecular flexibility index (Phi) is 5.47.